The normalized spacial score (nSPS) is 20.3. The molecule has 1 saturated heterocycles. The molecule has 4 N–H and O–H groups in total. The topological polar surface area (TPSA) is 70.6 Å². The number of aryl methyl sites for hydroxylation is 1. The van der Waals surface area contributed by atoms with Gasteiger partial charge in [0.15, 0.2) is 5.84 Å². The highest BCUT2D eigenvalue weighted by molar-refractivity contribution is 7.99. The lowest BCUT2D eigenvalue weighted by molar-refractivity contribution is 0.318. The molecule has 0 amide bonds. The van der Waals surface area contributed by atoms with Crippen molar-refractivity contribution in [3.05, 3.63) is 34.9 Å². The van der Waals surface area contributed by atoms with Gasteiger partial charge in [0, 0.05) is 23.9 Å². The summed E-state index contributed by atoms with van der Waals surface area (Å²) in [6.07, 6.45) is 1.26. The molecule has 1 fully saturated rings. The number of thioether (sulfide) groups is 1. The number of oxime groups is 1. The summed E-state index contributed by atoms with van der Waals surface area (Å²) in [4.78, 5) is 0. The monoisotopic (exact) mass is 265 g/mol. The van der Waals surface area contributed by atoms with E-state index in [1.807, 2.05) is 30.0 Å². The highest BCUT2D eigenvalue weighted by Crippen LogP contribution is 2.18. The first-order valence-electron chi connectivity index (χ1n) is 6.09. The predicted octanol–water partition coefficient (Wildman–Crippen LogP) is 1.68. The van der Waals surface area contributed by atoms with Crippen molar-refractivity contribution in [1.82, 2.24) is 5.32 Å². The van der Waals surface area contributed by atoms with E-state index in [0.29, 0.717) is 6.04 Å². The van der Waals surface area contributed by atoms with Crippen molar-refractivity contribution in [2.45, 2.75) is 25.9 Å². The molecule has 0 bridgehead atoms. The average molecular weight is 265 g/mol. The van der Waals surface area contributed by atoms with Crippen molar-refractivity contribution < 1.29 is 5.21 Å². The number of benzene rings is 1. The Bertz CT molecular complexity index is 442. The van der Waals surface area contributed by atoms with E-state index in [9.17, 15) is 0 Å². The summed E-state index contributed by atoms with van der Waals surface area (Å²) in [6.45, 7) is 2.93. The van der Waals surface area contributed by atoms with Crippen LogP contribution in [0.2, 0.25) is 0 Å². The van der Waals surface area contributed by atoms with Crippen LogP contribution >= 0.6 is 11.8 Å². The van der Waals surface area contributed by atoms with Gasteiger partial charge in [-0.15, -0.1) is 0 Å². The maximum atomic E-state index is 8.64. The van der Waals surface area contributed by atoms with Gasteiger partial charge in [0.2, 0.25) is 0 Å². The van der Waals surface area contributed by atoms with E-state index in [1.165, 1.54) is 23.5 Å². The second-order valence-corrected chi connectivity index (χ2v) is 5.72. The van der Waals surface area contributed by atoms with Crippen molar-refractivity contribution in [3.8, 4) is 0 Å². The van der Waals surface area contributed by atoms with E-state index in [4.69, 9.17) is 10.9 Å². The second-order valence-electron chi connectivity index (χ2n) is 4.57. The van der Waals surface area contributed by atoms with E-state index in [-0.39, 0.29) is 5.84 Å². The number of nitrogens with one attached hydrogen (secondary N) is 1. The number of amidine groups is 1. The van der Waals surface area contributed by atoms with Crippen LogP contribution in [0.4, 0.5) is 0 Å². The fraction of sp³-hybridized carbons (Fsp3) is 0.462. The minimum atomic E-state index is 0.157. The molecule has 0 saturated carbocycles. The Morgan fingerprint density at radius 2 is 2.44 bits per heavy atom. The third-order valence-electron chi connectivity index (χ3n) is 3.26. The predicted molar refractivity (Wildman–Crippen MR) is 76.3 cm³/mol. The zero-order valence-electron chi connectivity index (χ0n) is 10.5. The van der Waals surface area contributed by atoms with Gasteiger partial charge >= 0.3 is 0 Å². The summed E-state index contributed by atoms with van der Waals surface area (Å²) in [7, 11) is 0. The molecule has 1 aromatic carbocycles. The molecule has 1 unspecified atom stereocenters. The summed E-state index contributed by atoms with van der Waals surface area (Å²) in [5.74, 6) is 2.63. The first-order valence-corrected chi connectivity index (χ1v) is 7.24. The Hall–Kier alpha value is -1.20. The van der Waals surface area contributed by atoms with Gasteiger partial charge in [-0.2, -0.15) is 11.8 Å². The van der Waals surface area contributed by atoms with Crippen molar-refractivity contribution in [2.24, 2.45) is 10.9 Å². The molecule has 1 aliphatic rings. The van der Waals surface area contributed by atoms with E-state index < -0.39 is 0 Å². The van der Waals surface area contributed by atoms with Crippen LogP contribution in [0, 0.1) is 6.92 Å². The molecule has 1 heterocycles. The smallest absolute Gasteiger partial charge is 0.170 e. The van der Waals surface area contributed by atoms with Crippen molar-refractivity contribution in [1.29, 1.82) is 0 Å². The van der Waals surface area contributed by atoms with E-state index in [1.54, 1.807) is 0 Å². The van der Waals surface area contributed by atoms with Gasteiger partial charge in [-0.05, 0) is 36.3 Å². The average Bonchev–Trinajstić information content (AvgIpc) is 2.89. The number of nitrogens with zero attached hydrogens (tertiary/aromatic N) is 1. The number of rotatable bonds is 4. The Morgan fingerprint density at radius 1 is 1.61 bits per heavy atom. The summed E-state index contributed by atoms with van der Waals surface area (Å²) >= 11 is 2.01. The van der Waals surface area contributed by atoms with Gasteiger partial charge in [-0.3, -0.25) is 0 Å². The van der Waals surface area contributed by atoms with E-state index in [0.717, 1.165) is 17.7 Å². The Morgan fingerprint density at radius 3 is 3.06 bits per heavy atom. The molecule has 0 radical (unpaired) electrons. The highest BCUT2D eigenvalue weighted by Gasteiger charge is 2.14. The minimum absolute atomic E-state index is 0.157. The van der Waals surface area contributed by atoms with Gasteiger partial charge in [0.1, 0.15) is 0 Å². The zero-order chi connectivity index (χ0) is 13.0. The number of hydrogen-bond acceptors (Lipinski definition) is 4. The van der Waals surface area contributed by atoms with Crippen LogP contribution in [0.1, 0.15) is 23.1 Å². The maximum Gasteiger partial charge on any atom is 0.170 e. The van der Waals surface area contributed by atoms with Crippen LogP contribution in [0.5, 0.6) is 0 Å². The van der Waals surface area contributed by atoms with E-state index in [2.05, 4.69) is 17.4 Å². The Labute approximate surface area is 112 Å². The van der Waals surface area contributed by atoms with Crippen LogP contribution in [0.25, 0.3) is 0 Å². The van der Waals surface area contributed by atoms with Gasteiger partial charge < -0.3 is 16.3 Å². The number of nitrogens with two attached hydrogens (primary N) is 1. The summed E-state index contributed by atoms with van der Waals surface area (Å²) in [5.41, 5.74) is 8.76. The van der Waals surface area contributed by atoms with Gasteiger partial charge in [0.25, 0.3) is 0 Å². The number of hydrogen-bond donors (Lipinski definition) is 3. The molecule has 4 nitrogen and oxygen atoms in total. The first-order chi connectivity index (χ1) is 8.70. The second kappa shape index (κ2) is 6.11. The van der Waals surface area contributed by atoms with Gasteiger partial charge in [-0.25, -0.2) is 0 Å². The van der Waals surface area contributed by atoms with Crippen LogP contribution in [0.15, 0.2) is 23.4 Å². The molecule has 1 atom stereocenters. The molecule has 0 aromatic heterocycles. The quantitative estimate of drug-likeness (QED) is 0.335. The van der Waals surface area contributed by atoms with Gasteiger partial charge in [0.05, 0.1) is 0 Å². The molecule has 0 spiro atoms. The van der Waals surface area contributed by atoms with Crippen molar-refractivity contribution in [2.75, 3.05) is 11.5 Å². The molecular formula is C13H19N3OS. The van der Waals surface area contributed by atoms with Crippen LogP contribution in [0.3, 0.4) is 0 Å². The van der Waals surface area contributed by atoms with Crippen LogP contribution < -0.4 is 11.1 Å². The van der Waals surface area contributed by atoms with Gasteiger partial charge in [-0.1, -0.05) is 17.3 Å². The largest absolute Gasteiger partial charge is 0.409 e. The molecule has 98 valence electrons. The van der Waals surface area contributed by atoms with Crippen LogP contribution in [-0.2, 0) is 6.54 Å². The van der Waals surface area contributed by atoms with Crippen molar-refractivity contribution in [3.63, 3.8) is 0 Å². The highest BCUT2D eigenvalue weighted by atomic mass is 32.2. The van der Waals surface area contributed by atoms with Crippen LogP contribution in [-0.4, -0.2) is 28.6 Å². The Balaban J connectivity index is 2.00. The molecule has 2 rings (SSSR count). The van der Waals surface area contributed by atoms with Crippen molar-refractivity contribution >= 4 is 17.6 Å². The molecule has 5 heteroatoms. The Kier molecular flexibility index (Phi) is 4.49. The summed E-state index contributed by atoms with van der Waals surface area (Å²) in [5, 5.41) is 15.2. The summed E-state index contributed by atoms with van der Waals surface area (Å²) < 4.78 is 0. The lowest BCUT2D eigenvalue weighted by atomic mass is 10.0. The SMILES string of the molecule is Cc1cc(/C(N)=N/O)ccc1CNC1CCSC1. The maximum absolute atomic E-state index is 8.64. The zero-order valence-corrected chi connectivity index (χ0v) is 11.3. The standard InChI is InChI=1S/C13H19N3OS/c1-9-6-10(13(14)16-17)2-3-11(9)7-15-12-4-5-18-8-12/h2-3,6,12,15,17H,4-5,7-8H2,1H3,(H2,14,16). The summed E-state index contributed by atoms with van der Waals surface area (Å²) in [6, 6.07) is 6.52. The third-order valence-corrected chi connectivity index (χ3v) is 4.42. The molecule has 18 heavy (non-hydrogen) atoms. The molecular weight excluding hydrogens is 246 g/mol. The third kappa shape index (κ3) is 3.17. The first kappa shape index (κ1) is 13.2. The van der Waals surface area contributed by atoms with E-state index >= 15 is 0 Å². The molecule has 1 aliphatic heterocycles. The molecule has 0 aliphatic carbocycles. The molecule has 1 aromatic rings. The minimum Gasteiger partial charge on any atom is -0.409 e. The lowest BCUT2D eigenvalue weighted by Crippen LogP contribution is -2.28. The lowest BCUT2D eigenvalue weighted by Gasteiger charge is -2.13. The fourth-order valence-corrected chi connectivity index (χ4v) is 3.25. The fourth-order valence-electron chi connectivity index (χ4n) is 2.06.